The molecule has 0 bridgehead atoms. The fourth-order valence-electron chi connectivity index (χ4n) is 2.15. The molecule has 0 saturated heterocycles. The van der Waals surface area contributed by atoms with Crippen LogP contribution >= 0.6 is 0 Å². The highest BCUT2D eigenvalue weighted by atomic mass is 16.3. The van der Waals surface area contributed by atoms with Crippen LogP contribution in [-0.2, 0) is 0 Å². The number of rotatable bonds is 6. The van der Waals surface area contributed by atoms with Crippen molar-refractivity contribution in [2.45, 2.75) is 52.9 Å². The number of phenolic OH excluding ortho intramolecular Hbond substituents is 1. The zero-order valence-electron chi connectivity index (χ0n) is 11.0. The molecular weight excluding hydrogens is 212 g/mol. The SMILES string of the molecule is CCCCCCC(=O)c1c(C)cc(C)cc1O. The summed E-state index contributed by atoms with van der Waals surface area (Å²) in [5.74, 6) is 0.194. The van der Waals surface area contributed by atoms with Gasteiger partial charge in [0, 0.05) is 6.42 Å². The van der Waals surface area contributed by atoms with Gasteiger partial charge in [-0.3, -0.25) is 4.79 Å². The molecule has 0 heterocycles. The van der Waals surface area contributed by atoms with Crippen LogP contribution in [0.5, 0.6) is 5.75 Å². The summed E-state index contributed by atoms with van der Waals surface area (Å²) >= 11 is 0. The summed E-state index contributed by atoms with van der Waals surface area (Å²) in [6, 6.07) is 3.60. The zero-order chi connectivity index (χ0) is 12.8. The predicted molar refractivity (Wildman–Crippen MR) is 70.7 cm³/mol. The number of unbranched alkanes of at least 4 members (excludes halogenated alkanes) is 3. The molecule has 0 aliphatic rings. The van der Waals surface area contributed by atoms with Crippen molar-refractivity contribution in [3.8, 4) is 5.75 Å². The minimum atomic E-state index is 0.0658. The Hall–Kier alpha value is -1.31. The van der Waals surface area contributed by atoms with Gasteiger partial charge in [0.2, 0.25) is 0 Å². The van der Waals surface area contributed by atoms with E-state index in [0.717, 1.165) is 24.0 Å². The molecule has 1 rings (SSSR count). The van der Waals surface area contributed by atoms with Crippen LogP contribution in [0.4, 0.5) is 0 Å². The Labute approximate surface area is 104 Å². The second-order valence-corrected chi connectivity index (χ2v) is 4.71. The Morgan fingerprint density at radius 3 is 2.47 bits per heavy atom. The number of hydrogen-bond acceptors (Lipinski definition) is 2. The van der Waals surface area contributed by atoms with E-state index in [4.69, 9.17) is 0 Å². The standard InChI is InChI=1S/C15H22O2/c1-4-5-6-7-8-13(16)15-12(3)9-11(2)10-14(15)17/h9-10,17H,4-8H2,1-3H3. The molecule has 1 aromatic rings. The van der Waals surface area contributed by atoms with Crippen LogP contribution in [0.2, 0.25) is 0 Å². The van der Waals surface area contributed by atoms with Gasteiger partial charge in [-0.2, -0.15) is 0 Å². The van der Waals surface area contributed by atoms with E-state index in [1.807, 2.05) is 19.9 Å². The maximum absolute atomic E-state index is 12.0. The third kappa shape index (κ3) is 3.88. The van der Waals surface area contributed by atoms with Crippen LogP contribution in [0.25, 0.3) is 0 Å². The lowest BCUT2D eigenvalue weighted by molar-refractivity contribution is 0.0976. The topological polar surface area (TPSA) is 37.3 Å². The number of hydrogen-bond donors (Lipinski definition) is 1. The van der Waals surface area contributed by atoms with Crippen molar-refractivity contribution in [1.82, 2.24) is 0 Å². The van der Waals surface area contributed by atoms with Crippen LogP contribution in [0.15, 0.2) is 12.1 Å². The summed E-state index contributed by atoms with van der Waals surface area (Å²) in [4.78, 5) is 12.0. The molecule has 0 aliphatic carbocycles. The number of carbonyl (C=O) groups excluding carboxylic acids is 1. The first-order valence-corrected chi connectivity index (χ1v) is 6.39. The highest BCUT2D eigenvalue weighted by molar-refractivity contribution is 6.00. The van der Waals surface area contributed by atoms with Crippen molar-refractivity contribution in [2.24, 2.45) is 0 Å². The minimum absolute atomic E-state index is 0.0658. The van der Waals surface area contributed by atoms with Crippen molar-refractivity contribution in [3.05, 3.63) is 28.8 Å². The van der Waals surface area contributed by atoms with E-state index >= 15 is 0 Å². The van der Waals surface area contributed by atoms with Crippen LogP contribution < -0.4 is 0 Å². The second kappa shape index (κ2) is 6.43. The second-order valence-electron chi connectivity index (χ2n) is 4.71. The monoisotopic (exact) mass is 234 g/mol. The first-order chi connectivity index (χ1) is 8.06. The number of carbonyl (C=O) groups is 1. The summed E-state index contributed by atoms with van der Waals surface area (Å²) in [6.07, 6.45) is 4.89. The van der Waals surface area contributed by atoms with Gasteiger partial charge in [0.1, 0.15) is 5.75 Å². The summed E-state index contributed by atoms with van der Waals surface area (Å²) in [5, 5.41) is 9.82. The molecule has 0 atom stereocenters. The van der Waals surface area contributed by atoms with E-state index in [2.05, 4.69) is 6.92 Å². The van der Waals surface area contributed by atoms with Crippen molar-refractivity contribution in [1.29, 1.82) is 0 Å². The Balaban J connectivity index is 2.69. The number of ketones is 1. The summed E-state index contributed by atoms with van der Waals surface area (Å²) in [7, 11) is 0. The average Bonchev–Trinajstić information content (AvgIpc) is 2.23. The van der Waals surface area contributed by atoms with Gasteiger partial charge in [0.25, 0.3) is 0 Å². The van der Waals surface area contributed by atoms with Crippen LogP contribution in [0, 0.1) is 13.8 Å². The first kappa shape index (κ1) is 13.8. The highest BCUT2D eigenvalue weighted by Gasteiger charge is 2.14. The number of Topliss-reactive ketones (excluding diaryl/α,β-unsaturated/α-hetero) is 1. The minimum Gasteiger partial charge on any atom is -0.507 e. The van der Waals surface area contributed by atoms with E-state index in [1.165, 1.54) is 12.8 Å². The van der Waals surface area contributed by atoms with E-state index in [1.54, 1.807) is 6.07 Å². The molecular formula is C15H22O2. The van der Waals surface area contributed by atoms with Gasteiger partial charge in [-0.1, -0.05) is 32.3 Å². The Morgan fingerprint density at radius 1 is 1.18 bits per heavy atom. The van der Waals surface area contributed by atoms with Crippen molar-refractivity contribution >= 4 is 5.78 Å². The Kier molecular flexibility index (Phi) is 5.20. The Bertz CT molecular complexity index is 371. The molecule has 2 heteroatoms. The van der Waals surface area contributed by atoms with E-state index in [9.17, 15) is 9.90 Å². The molecule has 94 valence electrons. The van der Waals surface area contributed by atoms with Crippen molar-refractivity contribution in [2.75, 3.05) is 0 Å². The van der Waals surface area contributed by atoms with Gasteiger partial charge in [0.05, 0.1) is 5.56 Å². The van der Waals surface area contributed by atoms with Crippen molar-refractivity contribution < 1.29 is 9.90 Å². The van der Waals surface area contributed by atoms with Gasteiger partial charge in [-0.15, -0.1) is 0 Å². The number of benzene rings is 1. The maximum Gasteiger partial charge on any atom is 0.166 e. The maximum atomic E-state index is 12.0. The number of phenols is 1. The molecule has 1 N–H and O–H groups in total. The summed E-state index contributed by atoms with van der Waals surface area (Å²) in [6.45, 7) is 5.95. The quantitative estimate of drug-likeness (QED) is 0.592. The molecule has 0 fully saturated rings. The first-order valence-electron chi connectivity index (χ1n) is 6.39. The van der Waals surface area contributed by atoms with Gasteiger partial charge >= 0.3 is 0 Å². The third-order valence-corrected chi connectivity index (χ3v) is 3.00. The normalized spacial score (nSPS) is 10.5. The summed E-state index contributed by atoms with van der Waals surface area (Å²) < 4.78 is 0. The highest BCUT2D eigenvalue weighted by Crippen LogP contribution is 2.25. The fourth-order valence-corrected chi connectivity index (χ4v) is 2.15. The average molecular weight is 234 g/mol. The molecule has 17 heavy (non-hydrogen) atoms. The van der Waals surface area contributed by atoms with Crippen LogP contribution in [0.1, 0.15) is 60.5 Å². The smallest absolute Gasteiger partial charge is 0.166 e. The lowest BCUT2D eigenvalue weighted by Gasteiger charge is -2.08. The van der Waals surface area contributed by atoms with E-state index in [-0.39, 0.29) is 11.5 Å². The molecule has 0 amide bonds. The van der Waals surface area contributed by atoms with E-state index in [0.29, 0.717) is 12.0 Å². The van der Waals surface area contributed by atoms with Crippen molar-refractivity contribution in [3.63, 3.8) is 0 Å². The zero-order valence-corrected chi connectivity index (χ0v) is 11.0. The van der Waals surface area contributed by atoms with Gasteiger partial charge in [-0.05, 0) is 37.5 Å². The van der Waals surface area contributed by atoms with Gasteiger partial charge in [-0.25, -0.2) is 0 Å². The molecule has 0 saturated carbocycles. The number of aryl methyl sites for hydroxylation is 2. The molecule has 1 aromatic carbocycles. The fraction of sp³-hybridized carbons (Fsp3) is 0.533. The molecule has 2 nitrogen and oxygen atoms in total. The molecule has 0 unspecified atom stereocenters. The number of aromatic hydroxyl groups is 1. The van der Waals surface area contributed by atoms with Gasteiger partial charge in [0.15, 0.2) is 5.78 Å². The van der Waals surface area contributed by atoms with Crippen LogP contribution in [0.3, 0.4) is 0 Å². The Morgan fingerprint density at radius 2 is 1.88 bits per heavy atom. The lowest BCUT2D eigenvalue weighted by atomic mass is 9.97. The largest absolute Gasteiger partial charge is 0.507 e. The lowest BCUT2D eigenvalue weighted by Crippen LogP contribution is -2.02. The van der Waals surface area contributed by atoms with Gasteiger partial charge < -0.3 is 5.11 Å². The van der Waals surface area contributed by atoms with E-state index < -0.39 is 0 Å². The molecule has 0 spiro atoms. The third-order valence-electron chi connectivity index (χ3n) is 3.00. The van der Waals surface area contributed by atoms with Crippen LogP contribution in [-0.4, -0.2) is 10.9 Å². The molecule has 0 aromatic heterocycles. The summed E-state index contributed by atoms with van der Waals surface area (Å²) in [5.41, 5.74) is 2.37. The predicted octanol–water partition coefficient (Wildman–Crippen LogP) is 4.16. The molecule has 0 aliphatic heterocycles. The molecule has 0 radical (unpaired) electrons.